The SMILES string of the molecule is c1c[nH]c(COCCOCCOCCOCCOCCOCc2ncc[nH]2)n1. The minimum Gasteiger partial charge on any atom is -0.377 e. The van der Waals surface area contributed by atoms with Crippen molar-refractivity contribution in [3.63, 3.8) is 0 Å². The van der Waals surface area contributed by atoms with E-state index in [-0.39, 0.29) is 0 Å². The van der Waals surface area contributed by atoms with Crippen LogP contribution in [0.25, 0.3) is 0 Å². The summed E-state index contributed by atoms with van der Waals surface area (Å²) in [4.78, 5) is 14.1. The number of nitrogens with one attached hydrogen (secondary N) is 2. The lowest BCUT2D eigenvalue weighted by Gasteiger charge is -2.08. The summed E-state index contributed by atoms with van der Waals surface area (Å²) in [5.41, 5.74) is 0. The molecular weight excluding hydrogens is 368 g/mol. The number of hydrogen-bond donors (Lipinski definition) is 2. The molecule has 2 N–H and O–H groups in total. The zero-order valence-corrected chi connectivity index (χ0v) is 16.1. The zero-order chi connectivity index (χ0) is 19.5. The lowest BCUT2D eigenvalue weighted by atomic mass is 10.6. The molecule has 0 aliphatic heterocycles. The number of ether oxygens (including phenoxy) is 6. The summed E-state index contributed by atoms with van der Waals surface area (Å²) >= 11 is 0. The minimum atomic E-state index is 0.464. The highest BCUT2D eigenvalue weighted by Crippen LogP contribution is 1.92. The van der Waals surface area contributed by atoms with Crippen LogP contribution in [0.3, 0.4) is 0 Å². The summed E-state index contributed by atoms with van der Waals surface area (Å²) in [6.45, 7) is 6.24. The molecule has 158 valence electrons. The Hall–Kier alpha value is -1.82. The number of imidazole rings is 2. The minimum absolute atomic E-state index is 0.464. The lowest BCUT2D eigenvalue weighted by Crippen LogP contribution is -2.14. The fourth-order valence-corrected chi connectivity index (χ4v) is 2.09. The van der Waals surface area contributed by atoms with Gasteiger partial charge >= 0.3 is 0 Å². The normalized spacial score (nSPS) is 11.3. The number of hydrogen-bond acceptors (Lipinski definition) is 8. The molecule has 2 aromatic heterocycles. The second-order valence-corrected chi connectivity index (χ2v) is 5.63. The van der Waals surface area contributed by atoms with Crippen LogP contribution in [0.1, 0.15) is 11.6 Å². The third-order valence-electron chi connectivity index (χ3n) is 3.45. The van der Waals surface area contributed by atoms with Gasteiger partial charge in [0.15, 0.2) is 0 Å². The number of aromatic nitrogens is 4. The van der Waals surface area contributed by atoms with Crippen molar-refractivity contribution in [3.8, 4) is 0 Å². The molecule has 0 saturated carbocycles. The Kier molecular flexibility index (Phi) is 13.0. The van der Waals surface area contributed by atoms with Crippen LogP contribution in [0.4, 0.5) is 0 Å². The van der Waals surface area contributed by atoms with Gasteiger partial charge in [-0.25, -0.2) is 9.97 Å². The Morgan fingerprint density at radius 3 is 1.11 bits per heavy atom. The number of H-pyrrole nitrogens is 2. The predicted octanol–water partition coefficient (Wildman–Crippen LogP) is 0.933. The zero-order valence-electron chi connectivity index (χ0n) is 16.1. The molecule has 0 atom stereocenters. The van der Waals surface area contributed by atoms with Gasteiger partial charge in [0.2, 0.25) is 0 Å². The van der Waals surface area contributed by atoms with E-state index in [0.29, 0.717) is 79.3 Å². The third-order valence-corrected chi connectivity index (χ3v) is 3.45. The molecule has 10 nitrogen and oxygen atoms in total. The van der Waals surface area contributed by atoms with Crippen molar-refractivity contribution in [2.45, 2.75) is 13.2 Å². The van der Waals surface area contributed by atoms with Crippen molar-refractivity contribution in [2.24, 2.45) is 0 Å². The molecule has 0 unspecified atom stereocenters. The van der Waals surface area contributed by atoms with Crippen molar-refractivity contribution >= 4 is 0 Å². The molecule has 2 aromatic rings. The Morgan fingerprint density at radius 1 is 0.500 bits per heavy atom. The van der Waals surface area contributed by atoms with E-state index >= 15 is 0 Å². The van der Waals surface area contributed by atoms with E-state index in [1.54, 1.807) is 24.8 Å². The van der Waals surface area contributed by atoms with E-state index in [1.165, 1.54) is 0 Å². The van der Waals surface area contributed by atoms with Crippen LogP contribution >= 0.6 is 0 Å². The number of nitrogens with zero attached hydrogens (tertiary/aromatic N) is 2. The van der Waals surface area contributed by atoms with Crippen LogP contribution < -0.4 is 0 Å². The maximum Gasteiger partial charge on any atom is 0.132 e. The van der Waals surface area contributed by atoms with Gasteiger partial charge < -0.3 is 38.4 Å². The molecule has 2 rings (SSSR count). The largest absolute Gasteiger partial charge is 0.377 e. The van der Waals surface area contributed by atoms with Gasteiger partial charge in [0.05, 0.1) is 66.1 Å². The van der Waals surface area contributed by atoms with Gasteiger partial charge in [-0.3, -0.25) is 0 Å². The van der Waals surface area contributed by atoms with Gasteiger partial charge in [0.25, 0.3) is 0 Å². The predicted molar refractivity (Wildman–Crippen MR) is 99.8 cm³/mol. The van der Waals surface area contributed by atoms with Gasteiger partial charge in [-0.15, -0.1) is 0 Å². The van der Waals surface area contributed by atoms with Gasteiger partial charge in [0, 0.05) is 24.8 Å². The number of aromatic amines is 2. The molecule has 0 fully saturated rings. The number of rotatable bonds is 19. The monoisotopic (exact) mass is 398 g/mol. The topological polar surface area (TPSA) is 113 Å². The summed E-state index contributed by atoms with van der Waals surface area (Å²) in [6, 6.07) is 0. The smallest absolute Gasteiger partial charge is 0.132 e. The summed E-state index contributed by atoms with van der Waals surface area (Å²) < 4.78 is 32.5. The molecule has 0 amide bonds. The van der Waals surface area contributed by atoms with Gasteiger partial charge in [-0.1, -0.05) is 0 Å². The second-order valence-electron chi connectivity index (χ2n) is 5.63. The Labute approximate surface area is 164 Å². The maximum atomic E-state index is 5.42. The first-order valence-corrected chi connectivity index (χ1v) is 9.38. The molecular formula is C18H30N4O6. The first kappa shape index (κ1) is 22.5. The van der Waals surface area contributed by atoms with Crippen LogP contribution in [-0.2, 0) is 41.6 Å². The van der Waals surface area contributed by atoms with Crippen molar-refractivity contribution in [3.05, 3.63) is 36.4 Å². The first-order chi connectivity index (χ1) is 13.9. The summed E-state index contributed by atoms with van der Waals surface area (Å²) in [5.74, 6) is 1.62. The average molecular weight is 398 g/mol. The van der Waals surface area contributed by atoms with E-state index in [4.69, 9.17) is 28.4 Å². The molecule has 28 heavy (non-hydrogen) atoms. The van der Waals surface area contributed by atoms with E-state index in [9.17, 15) is 0 Å². The lowest BCUT2D eigenvalue weighted by molar-refractivity contribution is -0.0190. The highest BCUT2D eigenvalue weighted by Gasteiger charge is 1.97. The molecule has 0 aromatic carbocycles. The summed E-state index contributed by atoms with van der Waals surface area (Å²) in [6.07, 6.45) is 6.93. The van der Waals surface area contributed by atoms with E-state index in [2.05, 4.69) is 19.9 Å². The third kappa shape index (κ3) is 11.8. The fourth-order valence-electron chi connectivity index (χ4n) is 2.09. The second kappa shape index (κ2) is 16.2. The van der Waals surface area contributed by atoms with Crippen molar-refractivity contribution in [1.82, 2.24) is 19.9 Å². The highest BCUT2D eigenvalue weighted by atomic mass is 16.6. The van der Waals surface area contributed by atoms with Gasteiger partial charge in [0.1, 0.15) is 24.9 Å². The Balaban J connectivity index is 1.20. The molecule has 0 bridgehead atoms. The van der Waals surface area contributed by atoms with Gasteiger partial charge in [-0.2, -0.15) is 0 Å². The summed E-state index contributed by atoms with van der Waals surface area (Å²) in [5, 5.41) is 0. The average Bonchev–Trinajstić information content (AvgIpc) is 3.41. The quantitative estimate of drug-likeness (QED) is 0.336. The van der Waals surface area contributed by atoms with E-state index in [1.807, 2.05) is 0 Å². The van der Waals surface area contributed by atoms with Crippen molar-refractivity contribution < 1.29 is 28.4 Å². The van der Waals surface area contributed by atoms with Crippen LogP contribution in [-0.4, -0.2) is 86.0 Å². The maximum absolute atomic E-state index is 5.42. The van der Waals surface area contributed by atoms with Crippen LogP contribution in [0, 0.1) is 0 Å². The molecule has 10 heteroatoms. The Morgan fingerprint density at radius 2 is 0.821 bits per heavy atom. The molecule has 0 aliphatic carbocycles. The molecule has 0 spiro atoms. The van der Waals surface area contributed by atoms with Crippen molar-refractivity contribution in [1.29, 1.82) is 0 Å². The standard InChI is InChI=1S/C18H30N4O6/c1-2-20-17(19-1)15-27-13-11-25-9-7-23-5-6-24-8-10-26-12-14-28-16-18-21-3-4-22-18/h1-4H,5-16H2,(H,19,20)(H,21,22). The van der Waals surface area contributed by atoms with Gasteiger partial charge in [-0.05, 0) is 0 Å². The molecule has 0 aliphatic rings. The first-order valence-electron chi connectivity index (χ1n) is 9.38. The highest BCUT2D eigenvalue weighted by molar-refractivity contribution is 4.84. The van der Waals surface area contributed by atoms with Crippen LogP contribution in [0.2, 0.25) is 0 Å². The van der Waals surface area contributed by atoms with Crippen molar-refractivity contribution in [2.75, 3.05) is 66.1 Å². The molecule has 0 radical (unpaired) electrons. The van der Waals surface area contributed by atoms with Crippen LogP contribution in [0.5, 0.6) is 0 Å². The molecule has 2 heterocycles. The fraction of sp³-hybridized carbons (Fsp3) is 0.667. The van der Waals surface area contributed by atoms with E-state index in [0.717, 1.165) is 11.6 Å². The molecule has 0 saturated heterocycles. The Bertz CT molecular complexity index is 502. The van der Waals surface area contributed by atoms with Crippen LogP contribution in [0.15, 0.2) is 24.8 Å². The van der Waals surface area contributed by atoms with E-state index < -0.39 is 0 Å². The summed E-state index contributed by atoms with van der Waals surface area (Å²) in [7, 11) is 0.